The average molecular weight is 285 g/mol. The van der Waals surface area contributed by atoms with Crippen LogP contribution in [0.25, 0.3) is 0 Å². The third kappa shape index (κ3) is 2.28. The molecule has 1 aromatic rings. The Hall–Kier alpha value is -1.56. The van der Waals surface area contributed by atoms with E-state index >= 15 is 0 Å². The molecule has 1 aromatic carbocycles. The first-order chi connectivity index (χ1) is 9.49. The monoisotopic (exact) mass is 285 g/mol. The van der Waals surface area contributed by atoms with Crippen LogP contribution in [-0.2, 0) is 10.9 Å². The molecule has 3 rings (SSSR count). The average Bonchev–Trinajstić information content (AvgIpc) is 2.67. The minimum Gasteiger partial charge on any atom is -0.377 e. The molecule has 2 bridgehead atoms. The number of morpholine rings is 1. The van der Waals surface area contributed by atoms with Crippen LogP contribution >= 0.6 is 0 Å². The van der Waals surface area contributed by atoms with E-state index in [1.54, 1.807) is 0 Å². The molecule has 2 aliphatic heterocycles. The number of hydrogen-bond donors (Lipinski definition) is 0. The molecular weight excluding hydrogens is 271 g/mol. The van der Waals surface area contributed by atoms with Gasteiger partial charge in [-0.2, -0.15) is 13.2 Å². The van der Waals surface area contributed by atoms with Crippen LogP contribution in [0.15, 0.2) is 18.2 Å². The number of rotatable bonds is 2. The van der Waals surface area contributed by atoms with Crippen molar-refractivity contribution in [2.24, 2.45) is 0 Å². The molecule has 2 saturated heterocycles. The van der Waals surface area contributed by atoms with E-state index in [1.807, 2.05) is 4.90 Å². The lowest BCUT2D eigenvalue weighted by atomic mass is 10.1. The zero-order chi connectivity index (χ0) is 14.3. The number of benzene rings is 1. The van der Waals surface area contributed by atoms with Gasteiger partial charge < -0.3 is 9.64 Å². The summed E-state index contributed by atoms with van der Waals surface area (Å²) in [5, 5.41) is 0. The Kier molecular flexibility index (Phi) is 3.20. The minimum atomic E-state index is -4.45. The third-order valence-corrected chi connectivity index (χ3v) is 3.94. The standard InChI is InChI=1S/C14H14F3NO2/c15-14(16,17)10-3-9(6-19)4-13(5-10)18-11-1-2-12(18)8-20-7-11/h3-6,11-12H,1-2,7-8H2. The topological polar surface area (TPSA) is 29.5 Å². The summed E-state index contributed by atoms with van der Waals surface area (Å²) >= 11 is 0. The van der Waals surface area contributed by atoms with Crippen molar-refractivity contribution in [2.75, 3.05) is 18.1 Å². The maximum atomic E-state index is 12.9. The zero-order valence-corrected chi connectivity index (χ0v) is 10.7. The minimum absolute atomic E-state index is 0.0562. The molecular formula is C14H14F3NO2. The number of carbonyl (C=O) groups is 1. The first-order valence-corrected chi connectivity index (χ1v) is 6.52. The molecule has 2 aliphatic rings. The van der Waals surface area contributed by atoms with Crippen molar-refractivity contribution in [1.82, 2.24) is 0 Å². The lowest BCUT2D eigenvalue weighted by molar-refractivity contribution is -0.137. The summed E-state index contributed by atoms with van der Waals surface area (Å²) in [6.07, 6.45) is -2.16. The first kappa shape index (κ1) is 13.4. The number of carbonyl (C=O) groups excluding carboxylic acids is 1. The number of anilines is 1. The Labute approximate surface area is 114 Å². The van der Waals surface area contributed by atoms with E-state index in [1.165, 1.54) is 6.07 Å². The van der Waals surface area contributed by atoms with Crippen LogP contribution in [0.2, 0.25) is 0 Å². The molecule has 0 saturated carbocycles. The highest BCUT2D eigenvalue weighted by atomic mass is 19.4. The molecule has 0 amide bonds. The van der Waals surface area contributed by atoms with Crippen molar-refractivity contribution >= 4 is 12.0 Å². The molecule has 3 nitrogen and oxygen atoms in total. The van der Waals surface area contributed by atoms with E-state index in [9.17, 15) is 18.0 Å². The van der Waals surface area contributed by atoms with Gasteiger partial charge in [-0.3, -0.25) is 4.79 Å². The fourth-order valence-electron chi connectivity index (χ4n) is 3.07. The van der Waals surface area contributed by atoms with Gasteiger partial charge in [0.25, 0.3) is 0 Å². The van der Waals surface area contributed by atoms with Gasteiger partial charge in [0.05, 0.1) is 30.9 Å². The van der Waals surface area contributed by atoms with Crippen molar-refractivity contribution in [1.29, 1.82) is 0 Å². The highest BCUT2D eigenvalue weighted by Gasteiger charge is 2.39. The second kappa shape index (κ2) is 4.77. The van der Waals surface area contributed by atoms with Gasteiger partial charge >= 0.3 is 6.18 Å². The maximum Gasteiger partial charge on any atom is 0.416 e. The molecule has 0 spiro atoms. The molecule has 2 unspecified atom stereocenters. The summed E-state index contributed by atoms with van der Waals surface area (Å²) in [5.74, 6) is 0. The van der Waals surface area contributed by atoms with Gasteiger partial charge in [0, 0.05) is 11.3 Å². The summed E-state index contributed by atoms with van der Waals surface area (Å²) in [6, 6.07) is 3.76. The van der Waals surface area contributed by atoms with Crippen LogP contribution in [-0.4, -0.2) is 31.6 Å². The molecule has 0 aromatic heterocycles. The van der Waals surface area contributed by atoms with Crippen molar-refractivity contribution in [2.45, 2.75) is 31.1 Å². The third-order valence-electron chi connectivity index (χ3n) is 3.94. The Morgan fingerprint density at radius 2 is 1.80 bits per heavy atom. The van der Waals surface area contributed by atoms with Gasteiger partial charge in [-0.05, 0) is 31.0 Å². The van der Waals surface area contributed by atoms with Crippen molar-refractivity contribution < 1.29 is 22.7 Å². The molecule has 2 atom stereocenters. The normalized spacial score (nSPS) is 25.9. The maximum absolute atomic E-state index is 12.9. The van der Waals surface area contributed by atoms with Gasteiger partial charge in [0.2, 0.25) is 0 Å². The van der Waals surface area contributed by atoms with Gasteiger partial charge in [-0.1, -0.05) is 0 Å². The number of alkyl halides is 3. The fraction of sp³-hybridized carbons (Fsp3) is 0.500. The van der Waals surface area contributed by atoms with Gasteiger partial charge in [-0.25, -0.2) is 0 Å². The zero-order valence-electron chi connectivity index (χ0n) is 10.7. The number of nitrogens with zero attached hydrogens (tertiary/aromatic N) is 1. The number of ether oxygens (including phenoxy) is 1. The van der Waals surface area contributed by atoms with Crippen LogP contribution in [0.3, 0.4) is 0 Å². The van der Waals surface area contributed by atoms with E-state index in [4.69, 9.17) is 4.74 Å². The van der Waals surface area contributed by atoms with Crippen molar-refractivity contribution in [3.05, 3.63) is 29.3 Å². The SMILES string of the molecule is O=Cc1cc(N2C3CCC2COC3)cc(C(F)(F)F)c1. The molecule has 2 heterocycles. The highest BCUT2D eigenvalue weighted by molar-refractivity contribution is 5.78. The van der Waals surface area contributed by atoms with E-state index in [-0.39, 0.29) is 17.6 Å². The summed E-state index contributed by atoms with van der Waals surface area (Å²) in [5.41, 5.74) is -0.249. The van der Waals surface area contributed by atoms with Gasteiger partial charge in [0.15, 0.2) is 0 Å². The fourth-order valence-corrected chi connectivity index (χ4v) is 3.07. The molecule has 20 heavy (non-hydrogen) atoms. The lowest BCUT2D eigenvalue weighted by Crippen LogP contribution is -2.46. The Bertz CT molecular complexity index is 514. The number of hydrogen-bond acceptors (Lipinski definition) is 3. The Morgan fingerprint density at radius 1 is 1.15 bits per heavy atom. The molecule has 108 valence electrons. The Balaban J connectivity index is 2.03. The number of fused-ring (bicyclic) bond motifs is 2. The number of aldehydes is 1. The quantitative estimate of drug-likeness (QED) is 0.783. The van der Waals surface area contributed by atoms with Crippen LogP contribution in [0.4, 0.5) is 18.9 Å². The largest absolute Gasteiger partial charge is 0.416 e. The summed E-state index contributed by atoms with van der Waals surface area (Å²) in [7, 11) is 0. The Morgan fingerprint density at radius 3 is 2.35 bits per heavy atom. The molecule has 0 aliphatic carbocycles. The van der Waals surface area contributed by atoms with Crippen LogP contribution in [0.1, 0.15) is 28.8 Å². The molecule has 0 N–H and O–H groups in total. The van der Waals surface area contributed by atoms with Crippen LogP contribution in [0, 0.1) is 0 Å². The molecule has 0 radical (unpaired) electrons. The predicted molar refractivity (Wildman–Crippen MR) is 66.9 cm³/mol. The van der Waals surface area contributed by atoms with Crippen LogP contribution in [0.5, 0.6) is 0 Å². The summed E-state index contributed by atoms with van der Waals surface area (Å²) in [4.78, 5) is 12.9. The highest BCUT2D eigenvalue weighted by Crippen LogP contribution is 2.38. The lowest BCUT2D eigenvalue weighted by Gasteiger charge is -2.37. The second-order valence-electron chi connectivity index (χ2n) is 5.26. The van der Waals surface area contributed by atoms with Crippen molar-refractivity contribution in [3.8, 4) is 0 Å². The first-order valence-electron chi connectivity index (χ1n) is 6.52. The van der Waals surface area contributed by atoms with Gasteiger partial charge in [-0.15, -0.1) is 0 Å². The summed E-state index contributed by atoms with van der Waals surface area (Å²) < 4.78 is 44.1. The summed E-state index contributed by atoms with van der Waals surface area (Å²) in [6.45, 7) is 1.06. The number of halogens is 3. The van der Waals surface area contributed by atoms with E-state index in [0.29, 0.717) is 25.2 Å². The smallest absolute Gasteiger partial charge is 0.377 e. The van der Waals surface area contributed by atoms with Crippen molar-refractivity contribution in [3.63, 3.8) is 0 Å². The van der Waals surface area contributed by atoms with Crippen LogP contribution < -0.4 is 4.90 Å². The van der Waals surface area contributed by atoms with E-state index in [0.717, 1.165) is 25.0 Å². The predicted octanol–water partition coefficient (Wildman–Crippen LogP) is 2.89. The molecule has 2 fully saturated rings. The molecule has 6 heteroatoms. The van der Waals surface area contributed by atoms with Gasteiger partial charge in [0.1, 0.15) is 6.29 Å². The van der Waals surface area contributed by atoms with E-state index < -0.39 is 11.7 Å². The van der Waals surface area contributed by atoms with E-state index in [2.05, 4.69) is 0 Å². The second-order valence-corrected chi connectivity index (χ2v) is 5.26.